The average Bonchev–Trinajstić information content (AvgIpc) is 2.55. The number of non-ortho nitro benzene ring substituents is 1. The number of benzene rings is 1. The SMILES string of the molecule is CN1NN(C(C)(C)C)c2cc([N+](=O)[O-])ccc21. The molecule has 6 heteroatoms. The fourth-order valence-corrected chi connectivity index (χ4v) is 1.86. The summed E-state index contributed by atoms with van der Waals surface area (Å²) in [6, 6.07) is 4.87. The van der Waals surface area contributed by atoms with E-state index in [-0.39, 0.29) is 16.1 Å². The third kappa shape index (κ3) is 1.91. The largest absolute Gasteiger partial charge is 0.292 e. The van der Waals surface area contributed by atoms with Crippen LogP contribution >= 0.6 is 0 Å². The first-order valence-corrected chi connectivity index (χ1v) is 5.39. The van der Waals surface area contributed by atoms with Gasteiger partial charge in [-0.3, -0.25) is 20.1 Å². The second-order valence-corrected chi connectivity index (χ2v) is 5.10. The summed E-state index contributed by atoms with van der Waals surface area (Å²) in [5, 5.41) is 14.6. The van der Waals surface area contributed by atoms with Gasteiger partial charge in [0, 0.05) is 24.7 Å². The molecule has 0 fully saturated rings. The Balaban J connectivity index is 2.51. The fourth-order valence-electron chi connectivity index (χ4n) is 1.86. The van der Waals surface area contributed by atoms with Gasteiger partial charge < -0.3 is 0 Å². The lowest BCUT2D eigenvalue weighted by atomic mass is 10.1. The highest BCUT2D eigenvalue weighted by Gasteiger charge is 2.32. The number of nitro groups is 1. The number of rotatable bonds is 1. The van der Waals surface area contributed by atoms with E-state index in [0.717, 1.165) is 11.4 Å². The highest BCUT2D eigenvalue weighted by atomic mass is 16.6. The molecule has 92 valence electrons. The second kappa shape index (κ2) is 3.59. The zero-order valence-corrected chi connectivity index (χ0v) is 10.4. The molecule has 6 nitrogen and oxygen atoms in total. The molecule has 0 aromatic heterocycles. The molecule has 1 heterocycles. The van der Waals surface area contributed by atoms with E-state index in [4.69, 9.17) is 0 Å². The number of hydrogen-bond donors (Lipinski definition) is 1. The van der Waals surface area contributed by atoms with Crippen LogP contribution in [-0.4, -0.2) is 17.5 Å². The van der Waals surface area contributed by atoms with Crippen LogP contribution in [0.5, 0.6) is 0 Å². The lowest BCUT2D eigenvalue weighted by Crippen LogP contribution is -2.52. The maximum absolute atomic E-state index is 10.8. The normalized spacial score (nSPS) is 15.1. The van der Waals surface area contributed by atoms with Gasteiger partial charge in [-0.15, -0.1) is 5.53 Å². The first-order chi connectivity index (χ1) is 7.80. The predicted octanol–water partition coefficient (Wildman–Crippen LogP) is 2.07. The van der Waals surface area contributed by atoms with E-state index in [2.05, 4.69) is 5.53 Å². The third-order valence-corrected chi connectivity index (χ3v) is 2.69. The second-order valence-electron chi connectivity index (χ2n) is 5.10. The van der Waals surface area contributed by atoms with Crippen molar-refractivity contribution in [1.29, 1.82) is 0 Å². The number of nitrogens with one attached hydrogen (secondary N) is 1. The number of hydrogen-bond acceptors (Lipinski definition) is 5. The van der Waals surface area contributed by atoms with Crippen LogP contribution in [0.2, 0.25) is 0 Å². The monoisotopic (exact) mass is 236 g/mol. The van der Waals surface area contributed by atoms with Crippen molar-refractivity contribution in [2.75, 3.05) is 17.1 Å². The summed E-state index contributed by atoms with van der Waals surface area (Å²) in [6.45, 7) is 6.13. The topological polar surface area (TPSA) is 61.6 Å². The predicted molar refractivity (Wildman–Crippen MR) is 66.9 cm³/mol. The van der Waals surface area contributed by atoms with Gasteiger partial charge in [0.1, 0.15) is 0 Å². The summed E-state index contributed by atoms with van der Waals surface area (Å²) in [4.78, 5) is 10.4. The van der Waals surface area contributed by atoms with Crippen LogP contribution in [0.1, 0.15) is 20.8 Å². The minimum atomic E-state index is -0.376. The van der Waals surface area contributed by atoms with Crippen molar-refractivity contribution in [2.45, 2.75) is 26.3 Å². The Morgan fingerprint density at radius 3 is 2.47 bits per heavy atom. The lowest BCUT2D eigenvalue weighted by molar-refractivity contribution is -0.384. The van der Waals surface area contributed by atoms with E-state index in [0.29, 0.717) is 0 Å². The van der Waals surface area contributed by atoms with Crippen LogP contribution in [0.25, 0.3) is 0 Å². The first kappa shape index (κ1) is 11.7. The Morgan fingerprint density at radius 1 is 1.29 bits per heavy atom. The fraction of sp³-hybridized carbons (Fsp3) is 0.455. The van der Waals surface area contributed by atoms with Crippen molar-refractivity contribution in [1.82, 2.24) is 5.53 Å². The van der Waals surface area contributed by atoms with Crippen LogP contribution in [0, 0.1) is 10.1 Å². The van der Waals surface area contributed by atoms with E-state index in [1.807, 2.05) is 37.8 Å². The Hall–Kier alpha value is -1.82. The van der Waals surface area contributed by atoms with Gasteiger partial charge in [0.15, 0.2) is 0 Å². The molecule has 1 N–H and O–H groups in total. The summed E-state index contributed by atoms with van der Waals surface area (Å²) < 4.78 is 0. The van der Waals surface area contributed by atoms with E-state index < -0.39 is 0 Å². The molecule has 1 aliphatic heterocycles. The van der Waals surface area contributed by atoms with Crippen LogP contribution in [-0.2, 0) is 0 Å². The highest BCUT2D eigenvalue weighted by Crippen LogP contribution is 2.38. The molecule has 0 aliphatic carbocycles. The highest BCUT2D eigenvalue weighted by molar-refractivity contribution is 5.77. The van der Waals surface area contributed by atoms with Gasteiger partial charge in [0.05, 0.1) is 16.3 Å². The number of nitrogens with zero attached hydrogens (tertiary/aromatic N) is 3. The van der Waals surface area contributed by atoms with Gasteiger partial charge in [-0.25, -0.2) is 0 Å². The van der Waals surface area contributed by atoms with Gasteiger partial charge in [-0.1, -0.05) is 0 Å². The van der Waals surface area contributed by atoms with Crippen molar-refractivity contribution < 1.29 is 4.92 Å². The van der Waals surface area contributed by atoms with Gasteiger partial charge in [-0.2, -0.15) is 0 Å². The summed E-state index contributed by atoms with van der Waals surface area (Å²) in [6.07, 6.45) is 0. The summed E-state index contributed by atoms with van der Waals surface area (Å²) >= 11 is 0. The zero-order chi connectivity index (χ0) is 12.8. The molecular formula is C11H16N4O2. The molecule has 2 rings (SSSR count). The number of anilines is 2. The van der Waals surface area contributed by atoms with Crippen LogP contribution in [0.4, 0.5) is 17.1 Å². The standard InChI is InChI=1S/C11H16N4O2/c1-11(2,3)14-10-7-8(15(16)17)5-6-9(10)13(4)12-14/h5-7,12H,1-4H3. The molecule has 1 aliphatic rings. The Bertz CT molecular complexity index is 467. The molecule has 0 spiro atoms. The summed E-state index contributed by atoms with van der Waals surface area (Å²) in [5.41, 5.74) is 4.88. The smallest absolute Gasteiger partial charge is 0.271 e. The number of fused-ring (bicyclic) bond motifs is 1. The number of nitro benzene ring substituents is 1. The maximum Gasteiger partial charge on any atom is 0.271 e. The van der Waals surface area contributed by atoms with E-state index in [1.54, 1.807) is 12.1 Å². The molecule has 17 heavy (non-hydrogen) atoms. The van der Waals surface area contributed by atoms with Crippen molar-refractivity contribution in [2.24, 2.45) is 0 Å². The Labute approximate surface area is 99.9 Å². The van der Waals surface area contributed by atoms with Crippen LogP contribution in [0.15, 0.2) is 18.2 Å². The van der Waals surface area contributed by atoms with Crippen LogP contribution in [0.3, 0.4) is 0 Å². The van der Waals surface area contributed by atoms with E-state index >= 15 is 0 Å². The molecule has 1 aromatic carbocycles. The first-order valence-electron chi connectivity index (χ1n) is 5.39. The van der Waals surface area contributed by atoms with Crippen molar-refractivity contribution >= 4 is 17.1 Å². The summed E-state index contributed by atoms with van der Waals surface area (Å²) in [5.74, 6) is 0. The quantitative estimate of drug-likeness (QED) is 0.597. The van der Waals surface area contributed by atoms with Crippen molar-refractivity contribution in [3.05, 3.63) is 28.3 Å². The van der Waals surface area contributed by atoms with Gasteiger partial charge in [-0.05, 0) is 26.8 Å². The third-order valence-electron chi connectivity index (χ3n) is 2.69. The van der Waals surface area contributed by atoms with Gasteiger partial charge >= 0.3 is 0 Å². The lowest BCUT2D eigenvalue weighted by Gasteiger charge is -2.33. The molecular weight excluding hydrogens is 220 g/mol. The maximum atomic E-state index is 10.8. The molecule has 0 amide bonds. The van der Waals surface area contributed by atoms with Crippen LogP contribution < -0.4 is 15.6 Å². The molecule has 0 radical (unpaired) electrons. The average molecular weight is 236 g/mol. The number of hydrazine groups is 2. The molecule has 0 unspecified atom stereocenters. The van der Waals surface area contributed by atoms with Crippen molar-refractivity contribution in [3.63, 3.8) is 0 Å². The molecule has 0 saturated carbocycles. The summed E-state index contributed by atoms with van der Waals surface area (Å²) in [7, 11) is 1.89. The van der Waals surface area contributed by atoms with E-state index in [1.165, 1.54) is 6.07 Å². The Morgan fingerprint density at radius 2 is 1.94 bits per heavy atom. The van der Waals surface area contributed by atoms with Gasteiger partial charge in [0.25, 0.3) is 5.69 Å². The van der Waals surface area contributed by atoms with Gasteiger partial charge in [0.2, 0.25) is 0 Å². The molecule has 0 bridgehead atoms. The minimum absolute atomic E-state index is 0.107. The van der Waals surface area contributed by atoms with Crippen molar-refractivity contribution in [3.8, 4) is 0 Å². The Kier molecular flexibility index (Phi) is 2.46. The molecule has 0 atom stereocenters. The molecule has 1 aromatic rings. The van der Waals surface area contributed by atoms with E-state index in [9.17, 15) is 10.1 Å². The zero-order valence-electron chi connectivity index (χ0n) is 10.4. The molecule has 0 saturated heterocycles. The minimum Gasteiger partial charge on any atom is -0.292 e.